The number of aromatic nitrogens is 3. The van der Waals surface area contributed by atoms with Crippen LogP contribution in [0.1, 0.15) is 64.1 Å². The molecule has 1 N–H and O–H groups in total. The maximum atomic E-state index is 12.7. The minimum atomic E-state index is -0.0685. The number of urea groups is 1. The number of hydrogen-bond acceptors (Lipinski definition) is 3. The molecule has 122 valence electrons. The van der Waals surface area contributed by atoms with Crippen molar-refractivity contribution < 1.29 is 4.79 Å². The summed E-state index contributed by atoms with van der Waals surface area (Å²) in [4.78, 5) is 14.6. The monoisotopic (exact) mass is 305 g/mol. The molecule has 2 atom stereocenters. The molecule has 0 aliphatic carbocycles. The molecule has 0 aromatic carbocycles. The van der Waals surface area contributed by atoms with Crippen molar-refractivity contribution in [1.29, 1.82) is 0 Å². The van der Waals surface area contributed by atoms with Crippen molar-refractivity contribution >= 4 is 6.03 Å². The van der Waals surface area contributed by atoms with Gasteiger partial charge in [-0.05, 0) is 38.5 Å². The Hall–Kier alpha value is -1.59. The first kappa shape index (κ1) is 15.3. The lowest BCUT2D eigenvalue weighted by Gasteiger charge is -2.35. The van der Waals surface area contributed by atoms with Gasteiger partial charge in [0.15, 0.2) is 5.82 Å². The summed E-state index contributed by atoms with van der Waals surface area (Å²) in [6.07, 6.45) is 5.54. The first-order valence-corrected chi connectivity index (χ1v) is 8.57. The van der Waals surface area contributed by atoms with Crippen LogP contribution in [0.25, 0.3) is 0 Å². The Balaban J connectivity index is 1.75. The SMILES string of the molecule is CC(C)C(NC(=O)N1CCCCC1C)c1nnc2n1CCC2. The summed E-state index contributed by atoms with van der Waals surface area (Å²) >= 11 is 0. The molecule has 6 heteroatoms. The predicted octanol–water partition coefficient (Wildman–Crippen LogP) is 2.51. The molecule has 6 nitrogen and oxygen atoms in total. The second-order valence-corrected chi connectivity index (χ2v) is 6.94. The number of carbonyl (C=O) groups excluding carboxylic acids is 1. The predicted molar refractivity (Wildman–Crippen MR) is 84.5 cm³/mol. The molecule has 2 aliphatic rings. The van der Waals surface area contributed by atoms with Crippen LogP contribution in [0.5, 0.6) is 0 Å². The van der Waals surface area contributed by atoms with E-state index in [9.17, 15) is 4.79 Å². The van der Waals surface area contributed by atoms with Crippen molar-refractivity contribution in [3.05, 3.63) is 11.6 Å². The average Bonchev–Trinajstić information content (AvgIpc) is 3.08. The number of carbonyl (C=O) groups is 1. The van der Waals surface area contributed by atoms with Crippen LogP contribution < -0.4 is 5.32 Å². The maximum absolute atomic E-state index is 12.7. The third-order valence-corrected chi connectivity index (χ3v) is 4.93. The minimum absolute atomic E-state index is 0.0428. The van der Waals surface area contributed by atoms with Crippen molar-refractivity contribution in [2.45, 2.75) is 71.5 Å². The third kappa shape index (κ3) is 2.83. The maximum Gasteiger partial charge on any atom is 0.318 e. The van der Waals surface area contributed by atoms with Crippen LogP contribution in [0.4, 0.5) is 4.79 Å². The summed E-state index contributed by atoms with van der Waals surface area (Å²) in [5.41, 5.74) is 0. The van der Waals surface area contributed by atoms with E-state index >= 15 is 0 Å². The largest absolute Gasteiger partial charge is 0.328 e. The quantitative estimate of drug-likeness (QED) is 0.933. The van der Waals surface area contributed by atoms with Crippen molar-refractivity contribution in [2.75, 3.05) is 6.54 Å². The Bertz CT molecular complexity index is 539. The summed E-state index contributed by atoms with van der Waals surface area (Å²) in [5, 5.41) is 11.9. The Kier molecular flexibility index (Phi) is 4.36. The fourth-order valence-electron chi connectivity index (χ4n) is 3.55. The van der Waals surface area contributed by atoms with E-state index in [0.717, 1.165) is 50.4 Å². The number of piperidine rings is 1. The topological polar surface area (TPSA) is 63.1 Å². The standard InChI is InChI=1S/C16H27N5O/c1-11(2)14(15-19-18-13-8-6-10-21(13)15)17-16(22)20-9-5-4-7-12(20)3/h11-12,14H,4-10H2,1-3H3,(H,17,22). The fraction of sp³-hybridized carbons (Fsp3) is 0.812. The Morgan fingerprint density at radius 3 is 2.77 bits per heavy atom. The van der Waals surface area contributed by atoms with Gasteiger partial charge in [-0.1, -0.05) is 13.8 Å². The number of rotatable bonds is 3. The van der Waals surface area contributed by atoms with Gasteiger partial charge in [0, 0.05) is 25.6 Å². The van der Waals surface area contributed by atoms with Crippen LogP contribution in [-0.4, -0.2) is 38.3 Å². The van der Waals surface area contributed by atoms with E-state index in [-0.39, 0.29) is 18.0 Å². The van der Waals surface area contributed by atoms with Crippen molar-refractivity contribution in [3.8, 4) is 0 Å². The summed E-state index contributed by atoms with van der Waals surface area (Å²) < 4.78 is 2.19. The van der Waals surface area contributed by atoms with Gasteiger partial charge in [0.2, 0.25) is 0 Å². The highest BCUT2D eigenvalue weighted by Crippen LogP contribution is 2.25. The van der Waals surface area contributed by atoms with E-state index < -0.39 is 0 Å². The zero-order valence-electron chi connectivity index (χ0n) is 13.9. The summed E-state index contributed by atoms with van der Waals surface area (Å²) in [5.74, 6) is 2.26. The molecule has 0 saturated carbocycles. The normalized spacial score (nSPS) is 22.7. The zero-order valence-corrected chi connectivity index (χ0v) is 13.9. The van der Waals surface area contributed by atoms with Crippen LogP contribution in [0.3, 0.4) is 0 Å². The lowest BCUT2D eigenvalue weighted by Crippen LogP contribution is -2.49. The third-order valence-electron chi connectivity index (χ3n) is 4.93. The summed E-state index contributed by atoms with van der Waals surface area (Å²) in [7, 11) is 0. The number of nitrogens with one attached hydrogen (secondary N) is 1. The molecule has 1 saturated heterocycles. The van der Waals surface area contributed by atoms with E-state index in [4.69, 9.17) is 0 Å². The highest BCUT2D eigenvalue weighted by atomic mass is 16.2. The molecule has 0 spiro atoms. The Morgan fingerprint density at radius 1 is 1.23 bits per heavy atom. The van der Waals surface area contributed by atoms with Gasteiger partial charge in [-0.2, -0.15) is 0 Å². The van der Waals surface area contributed by atoms with Gasteiger partial charge in [0.1, 0.15) is 5.82 Å². The van der Waals surface area contributed by atoms with Crippen LogP contribution in [0, 0.1) is 5.92 Å². The average molecular weight is 305 g/mol. The zero-order chi connectivity index (χ0) is 15.7. The van der Waals surface area contributed by atoms with Crippen LogP contribution in [0.2, 0.25) is 0 Å². The molecule has 0 bridgehead atoms. The summed E-state index contributed by atoms with van der Waals surface area (Å²) in [6, 6.07) is 0.299. The van der Waals surface area contributed by atoms with Gasteiger partial charge in [-0.3, -0.25) is 0 Å². The number of amides is 2. The molecule has 1 fully saturated rings. The number of aryl methyl sites for hydroxylation is 1. The number of likely N-dealkylation sites (tertiary alicyclic amines) is 1. The van der Waals surface area contributed by atoms with Gasteiger partial charge >= 0.3 is 6.03 Å². The van der Waals surface area contributed by atoms with Crippen LogP contribution in [0.15, 0.2) is 0 Å². The molecule has 3 heterocycles. The van der Waals surface area contributed by atoms with E-state index in [1.807, 2.05) is 4.90 Å². The highest BCUT2D eigenvalue weighted by Gasteiger charge is 2.30. The smallest absolute Gasteiger partial charge is 0.318 e. The number of hydrogen-bond donors (Lipinski definition) is 1. The highest BCUT2D eigenvalue weighted by molar-refractivity contribution is 5.75. The second-order valence-electron chi connectivity index (χ2n) is 6.94. The first-order chi connectivity index (χ1) is 10.6. The van der Waals surface area contributed by atoms with E-state index in [1.54, 1.807) is 0 Å². The van der Waals surface area contributed by atoms with Gasteiger partial charge in [-0.25, -0.2) is 4.79 Å². The van der Waals surface area contributed by atoms with Crippen molar-refractivity contribution in [2.24, 2.45) is 5.92 Å². The second kappa shape index (κ2) is 6.26. The fourth-order valence-corrected chi connectivity index (χ4v) is 3.55. The van der Waals surface area contributed by atoms with Crippen molar-refractivity contribution in [3.63, 3.8) is 0 Å². The molecular weight excluding hydrogens is 278 g/mol. The molecule has 3 rings (SSSR count). The Morgan fingerprint density at radius 2 is 2.05 bits per heavy atom. The van der Waals surface area contributed by atoms with E-state index in [1.165, 1.54) is 6.42 Å². The summed E-state index contributed by atoms with van der Waals surface area (Å²) in [6.45, 7) is 8.22. The first-order valence-electron chi connectivity index (χ1n) is 8.57. The van der Waals surface area contributed by atoms with E-state index in [2.05, 4.69) is 40.9 Å². The molecule has 22 heavy (non-hydrogen) atoms. The van der Waals surface area contributed by atoms with Crippen LogP contribution >= 0.6 is 0 Å². The molecule has 2 unspecified atom stereocenters. The lowest BCUT2D eigenvalue weighted by atomic mass is 10.0. The number of nitrogens with zero attached hydrogens (tertiary/aromatic N) is 4. The van der Waals surface area contributed by atoms with Gasteiger partial charge in [0.25, 0.3) is 0 Å². The van der Waals surface area contributed by atoms with Gasteiger partial charge < -0.3 is 14.8 Å². The minimum Gasteiger partial charge on any atom is -0.328 e. The number of fused-ring (bicyclic) bond motifs is 1. The van der Waals surface area contributed by atoms with E-state index in [0.29, 0.717) is 6.04 Å². The van der Waals surface area contributed by atoms with Crippen molar-refractivity contribution in [1.82, 2.24) is 25.0 Å². The van der Waals surface area contributed by atoms with Gasteiger partial charge in [0.05, 0.1) is 6.04 Å². The Labute approximate surface area is 132 Å². The molecular formula is C16H27N5O. The molecule has 1 aromatic heterocycles. The molecule has 2 aliphatic heterocycles. The van der Waals surface area contributed by atoms with Crippen LogP contribution in [-0.2, 0) is 13.0 Å². The molecule has 2 amide bonds. The molecule has 0 radical (unpaired) electrons. The molecule has 1 aromatic rings. The lowest BCUT2D eigenvalue weighted by molar-refractivity contribution is 0.151. The van der Waals surface area contributed by atoms with Gasteiger partial charge in [-0.15, -0.1) is 10.2 Å².